The maximum atomic E-state index is 12.6. The van der Waals surface area contributed by atoms with Crippen molar-refractivity contribution in [3.63, 3.8) is 0 Å². The van der Waals surface area contributed by atoms with Crippen molar-refractivity contribution in [3.05, 3.63) is 91.8 Å². The topological polar surface area (TPSA) is 63.1 Å². The summed E-state index contributed by atoms with van der Waals surface area (Å²) in [5.74, 6) is -0.352. The third-order valence-electron chi connectivity index (χ3n) is 3.93. The van der Waals surface area contributed by atoms with E-state index in [0.717, 1.165) is 5.56 Å². The van der Waals surface area contributed by atoms with Crippen LogP contribution in [0.1, 0.15) is 5.56 Å². The molecule has 0 fully saturated rings. The number of hydrogen-bond acceptors (Lipinski definition) is 3. The van der Waals surface area contributed by atoms with Gasteiger partial charge in [-0.1, -0.05) is 46.9 Å². The van der Waals surface area contributed by atoms with Gasteiger partial charge >= 0.3 is 0 Å². The lowest BCUT2D eigenvalue weighted by Gasteiger charge is -2.11. The lowest BCUT2D eigenvalue weighted by molar-refractivity contribution is -0.116. The minimum Gasteiger partial charge on any atom is -0.377 e. The molecule has 0 aliphatic heterocycles. The van der Waals surface area contributed by atoms with Gasteiger partial charge in [-0.15, -0.1) is 0 Å². The van der Waals surface area contributed by atoms with Crippen molar-refractivity contribution in [1.82, 2.24) is 4.57 Å². The van der Waals surface area contributed by atoms with E-state index in [9.17, 15) is 9.59 Å². The third-order valence-corrected chi connectivity index (χ3v) is 4.92. The van der Waals surface area contributed by atoms with E-state index in [4.69, 9.17) is 34.8 Å². The maximum absolute atomic E-state index is 12.6. The second-order valence-corrected chi connectivity index (χ2v) is 7.26. The van der Waals surface area contributed by atoms with E-state index >= 15 is 0 Å². The summed E-state index contributed by atoms with van der Waals surface area (Å²) >= 11 is 17.7. The predicted octanol–water partition coefficient (Wildman–Crippen LogP) is 5.06. The molecule has 8 heteroatoms. The first-order valence-corrected chi connectivity index (χ1v) is 9.48. The number of rotatable bonds is 6. The highest BCUT2D eigenvalue weighted by molar-refractivity contribution is 6.42. The molecule has 0 saturated carbocycles. The summed E-state index contributed by atoms with van der Waals surface area (Å²) < 4.78 is 1.33. The Hall–Kier alpha value is -2.47. The van der Waals surface area contributed by atoms with Gasteiger partial charge in [0.25, 0.3) is 5.56 Å². The molecule has 3 rings (SSSR count). The van der Waals surface area contributed by atoms with Crippen LogP contribution in [0.2, 0.25) is 15.1 Å². The summed E-state index contributed by atoms with van der Waals surface area (Å²) in [6.07, 6.45) is 1.56. The van der Waals surface area contributed by atoms with Gasteiger partial charge in [0.05, 0.1) is 10.0 Å². The number of carbonyl (C=O) groups excluding carboxylic acids is 1. The Morgan fingerprint density at radius 3 is 2.43 bits per heavy atom. The van der Waals surface area contributed by atoms with Gasteiger partial charge in [-0.3, -0.25) is 9.59 Å². The van der Waals surface area contributed by atoms with Gasteiger partial charge < -0.3 is 15.2 Å². The number of benzene rings is 2. The van der Waals surface area contributed by atoms with Gasteiger partial charge in [-0.25, -0.2) is 0 Å². The van der Waals surface area contributed by atoms with Gasteiger partial charge in [0.15, 0.2) is 0 Å². The highest BCUT2D eigenvalue weighted by Crippen LogP contribution is 2.24. The standard InChI is InChI=1S/C20H16Cl3N3O2/c21-14-5-3-13(4-6-14)11-24-18-2-1-9-26(20(18)28)12-19(27)25-15-7-8-16(22)17(23)10-15/h1-10,24H,11-12H2,(H,25,27). The van der Waals surface area contributed by atoms with Crippen LogP contribution in [0.25, 0.3) is 0 Å². The maximum Gasteiger partial charge on any atom is 0.274 e. The smallest absolute Gasteiger partial charge is 0.274 e. The second kappa shape index (κ2) is 9.15. The molecule has 0 saturated heterocycles. The number of aromatic nitrogens is 1. The van der Waals surface area contributed by atoms with Gasteiger partial charge in [-0.2, -0.15) is 0 Å². The number of carbonyl (C=O) groups is 1. The van der Waals surface area contributed by atoms with E-state index in [1.807, 2.05) is 12.1 Å². The van der Waals surface area contributed by atoms with Crippen molar-refractivity contribution in [2.24, 2.45) is 0 Å². The van der Waals surface area contributed by atoms with Crippen LogP contribution in [-0.2, 0) is 17.9 Å². The fourth-order valence-corrected chi connectivity index (χ4v) is 2.95. The lowest BCUT2D eigenvalue weighted by Crippen LogP contribution is -2.28. The average Bonchev–Trinajstić information content (AvgIpc) is 2.67. The van der Waals surface area contributed by atoms with Crippen molar-refractivity contribution in [2.45, 2.75) is 13.1 Å². The first-order chi connectivity index (χ1) is 13.4. The molecule has 0 aliphatic carbocycles. The largest absolute Gasteiger partial charge is 0.377 e. The zero-order valence-electron chi connectivity index (χ0n) is 14.6. The number of hydrogen-bond donors (Lipinski definition) is 2. The molecular weight excluding hydrogens is 421 g/mol. The highest BCUT2D eigenvalue weighted by Gasteiger charge is 2.09. The van der Waals surface area contributed by atoms with Gasteiger partial charge in [0.1, 0.15) is 12.2 Å². The molecule has 1 heterocycles. The first-order valence-electron chi connectivity index (χ1n) is 8.35. The molecule has 3 aromatic rings. The Balaban J connectivity index is 1.66. The minimum atomic E-state index is -0.352. The van der Waals surface area contributed by atoms with Crippen LogP contribution in [0.5, 0.6) is 0 Å². The van der Waals surface area contributed by atoms with E-state index in [-0.39, 0.29) is 18.0 Å². The number of anilines is 2. The fraction of sp³-hybridized carbons (Fsp3) is 0.100. The predicted molar refractivity (Wildman–Crippen MR) is 115 cm³/mol. The molecule has 2 N–H and O–H groups in total. The Morgan fingerprint density at radius 2 is 1.71 bits per heavy atom. The Morgan fingerprint density at radius 1 is 0.964 bits per heavy atom. The zero-order chi connectivity index (χ0) is 20.1. The van der Waals surface area contributed by atoms with Crippen LogP contribution in [-0.4, -0.2) is 10.5 Å². The molecule has 2 aromatic carbocycles. The monoisotopic (exact) mass is 435 g/mol. The summed E-state index contributed by atoms with van der Waals surface area (Å²) in [5, 5.41) is 7.17. The molecule has 1 amide bonds. The average molecular weight is 437 g/mol. The first kappa shape index (κ1) is 20.3. The number of nitrogens with one attached hydrogen (secondary N) is 2. The Bertz CT molecular complexity index is 1050. The number of amides is 1. The second-order valence-electron chi connectivity index (χ2n) is 6.01. The summed E-state index contributed by atoms with van der Waals surface area (Å²) in [6, 6.07) is 15.5. The molecule has 0 spiro atoms. The van der Waals surface area contributed by atoms with E-state index in [0.29, 0.717) is 33.0 Å². The molecule has 0 atom stereocenters. The third kappa shape index (κ3) is 5.29. The van der Waals surface area contributed by atoms with Crippen molar-refractivity contribution < 1.29 is 4.79 Å². The Kier molecular flexibility index (Phi) is 6.62. The molecule has 0 aliphatic rings. The van der Waals surface area contributed by atoms with Crippen molar-refractivity contribution in [2.75, 3.05) is 10.6 Å². The van der Waals surface area contributed by atoms with Gasteiger partial charge in [-0.05, 0) is 48.0 Å². The molecule has 0 bridgehead atoms. The highest BCUT2D eigenvalue weighted by atomic mass is 35.5. The van der Waals surface area contributed by atoms with E-state index in [2.05, 4.69) is 10.6 Å². The molecule has 144 valence electrons. The van der Waals surface area contributed by atoms with Crippen molar-refractivity contribution >= 4 is 52.1 Å². The summed E-state index contributed by atoms with van der Waals surface area (Å²) in [5.41, 5.74) is 1.60. The minimum absolute atomic E-state index is 0.129. The van der Waals surface area contributed by atoms with E-state index < -0.39 is 0 Å². The molecule has 0 unspecified atom stereocenters. The zero-order valence-corrected chi connectivity index (χ0v) is 16.9. The summed E-state index contributed by atoms with van der Waals surface area (Å²) in [6.45, 7) is 0.335. The number of pyridine rings is 1. The number of nitrogens with zero attached hydrogens (tertiary/aromatic N) is 1. The molecule has 0 radical (unpaired) electrons. The van der Waals surface area contributed by atoms with E-state index in [1.165, 1.54) is 4.57 Å². The van der Waals surface area contributed by atoms with E-state index in [1.54, 1.807) is 48.7 Å². The van der Waals surface area contributed by atoms with Crippen LogP contribution >= 0.6 is 34.8 Å². The van der Waals surface area contributed by atoms with Gasteiger partial charge in [0, 0.05) is 23.5 Å². The normalized spacial score (nSPS) is 10.5. The van der Waals surface area contributed by atoms with Crippen LogP contribution in [0.3, 0.4) is 0 Å². The molecule has 5 nitrogen and oxygen atoms in total. The van der Waals surface area contributed by atoms with Crippen LogP contribution in [0.15, 0.2) is 65.6 Å². The lowest BCUT2D eigenvalue weighted by atomic mass is 10.2. The summed E-state index contributed by atoms with van der Waals surface area (Å²) in [4.78, 5) is 24.9. The van der Waals surface area contributed by atoms with Crippen molar-refractivity contribution in [3.8, 4) is 0 Å². The van der Waals surface area contributed by atoms with Crippen LogP contribution in [0, 0.1) is 0 Å². The van der Waals surface area contributed by atoms with Gasteiger partial charge in [0.2, 0.25) is 5.91 Å². The van der Waals surface area contributed by atoms with Crippen LogP contribution < -0.4 is 16.2 Å². The quantitative estimate of drug-likeness (QED) is 0.568. The molecule has 1 aromatic heterocycles. The fourth-order valence-electron chi connectivity index (χ4n) is 2.52. The number of halogens is 3. The Labute approximate surface area is 176 Å². The SMILES string of the molecule is O=C(Cn1cccc(NCc2ccc(Cl)cc2)c1=O)Nc1ccc(Cl)c(Cl)c1. The van der Waals surface area contributed by atoms with Crippen LogP contribution in [0.4, 0.5) is 11.4 Å². The summed E-state index contributed by atoms with van der Waals surface area (Å²) in [7, 11) is 0. The van der Waals surface area contributed by atoms with Crippen molar-refractivity contribution in [1.29, 1.82) is 0 Å². The molecular formula is C20H16Cl3N3O2. The molecule has 28 heavy (non-hydrogen) atoms.